The molecule has 252 valence electrons. The van der Waals surface area contributed by atoms with Crippen molar-refractivity contribution >= 4 is 11.9 Å². The Balaban J connectivity index is 1.71. The van der Waals surface area contributed by atoms with Crippen LogP contribution in [-0.2, 0) is 38.3 Å². The van der Waals surface area contributed by atoms with Crippen LogP contribution in [0, 0.1) is 5.92 Å². The van der Waals surface area contributed by atoms with Crippen molar-refractivity contribution < 1.29 is 42.4 Å². The van der Waals surface area contributed by atoms with Crippen LogP contribution in [0.1, 0.15) is 86.5 Å². The summed E-state index contributed by atoms with van der Waals surface area (Å²) in [6.07, 6.45) is 2.86. The van der Waals surface area contributed by atoms with Gasteiger partial charge in [-0.2, -0.15) is 13.2 Å². The van der Waals surface area contributed by atoms with Crippen molar-refractivity contribution in [2.75, 3.05) is 26.4 Å². The lowest BCUT2D eigenvalue weighted by molar-refractivity contribution is -0.140. The number of aliphatic hydroxyl groups is 2. The number of alkyl halides is 3. The van der Waals surface area contributed by atoms with Crippen LogP contribution in [0.2, 0.25) is 0 Å². The zero-order valence-electron chi connectivity index (χ0n) is 26.8. The van der Waals surface area contributed by atoms with Gasteiger partial charge in [0.2, 0.25) is 0 Å². The molecule has 0 unspecified atom stereocenters. The maximum atomic E-state index is 12.5. The second-order valence-electron chi connectivity index (χ2n) is 12.1. The summed E-state index contributed by atoms with van der Waals surface area (Å²) >= 11 is 0. The van der Waals surface area contributed by atoms with Crippen molar-refractivity contribution in [1.29, 1.82) is 0 Å². The molecule has 6 nitrogen and oxygen atoms in total. The van der Waals surface area contributed by atoms with Crippen molar-refractivity contribution in [1.82, 2.24) is 0 Å². The fraction of sp³-hybridized carbons (Fsp3) is 0.514. The van der Waals surface area contributed by atoms with Crippen molar-refractivity contribution in [3.63, 3.8) is 0 Å². The van der Waals surface area contributed by atoms with E-state index >= 15 is 0 Å². The molecule has 0 atom stereocenters. The summed E-state index contributed by atoms with van der Waals surface area (Å²) in [5.74, 6) is -0.362. The number of carbonyl (C=O) groups excluding carboxylic acids is 2. The number of aryl methyl sites for hydroxylation is 1. The summed E-state index contributed by atoms with van der Waals surface area (Å²) in [4.78, 5) is 23.9. The van der Waals surface area contributed by atoms with Gasteiger partial charge in [-0.15, -0.1) is 0 Å². The van der Waals surface area contributed by atoms with E-state index in [1.807, 2.05) is 12.1 Å². The van der Waals surface area contributed by atoms with Crippen molar-refractivity contribution in [2.24, 2.45) is 5.92 Å². The first-order valence-corrected chi connectivity index (χ1v) is 16.2. The molecule has 1 aliphatic carbocycles. The Hall–Kier alpha value is -3.43. The van der Waals surface area contributed by atoms with Crippen LogP contribution < -0.4 is 0 Å². The smallest absolute Gasteiger partial charge is 0.389 e. The number of benzene rings is 2. The molecule has 0 aromatic heterocycles. The van der Waals surface area contributed by atoms with E-state index in [4.69, 9.17) is 19.7 Å². The van der Waals surface area contributed by atoms with Gasteiger partial charge in [-0.3, -0.25) is 0 Å². The number of halogens is 3. The number of aliphatic hydroxyl groups excluding tert-OH is 2. The van der Waals surface area contributed by atoms with Gasteiger partial charge in [0.25, 0.3) is 0 Å². The fourth-order valence-corrected chi connectivity index (χ4v) is 6.13. The van der Waals surface area contributed by atoms with Crippen molar-refractivity contribution in [2.45, 2.75) is 89.6 Å². The third kappa shape index (κ3) is 11.4. The Bertz CT molecular complexity index is 1340. The van der Waals surface area contributed by atoms with E-state index in [1.165, 1.54) is 11.1 Å². The van der Waals surface area contributed by atoms with Gasteiger partial charge in [-0.05, 0) is 83.7 Å². The summed E-state index contributed by atoms with van der Waals surface area (Å²) in [6, 6.07) is 12.6. The van der Waals surface area contributed by atoms with Crippen LogP contribution in [0.25, 0.3) is 11.1 Å². The highest BCUT2D eigenvalue weighted by molar-refractivity contribution is 5.88. The summed E-state index contributed by atoms with van der Waals surface area (Å²) in [6.45, 7) is 8.35. The second-order valence-corrected chi connectivity index (χ2v) is 12.1. The number of carbonyl (C=O) groups is 2. The van der Waals surface area contributed by atoms with Crippen LogP contribution in [0.15, 0.2) is 60.7 Å². The standard InChI is InChI=1S/C37H47F3O6/c1-4-28-21-32(14-15-34(28)30-10-8-27(9-11-30)7-5-6-18-37(38,39)40)31-13-12-29(16-19-45-35(43)25(2)23-41)33(22-31)17-20-46-36(44)26(3)24-42/h12-15,21-22,27,30,41-42H,2-11,16-20,23-24H2,1H3. The molecule has 0 radical (unpaired) electrons. The Morgan fingerprint density at radius 1 is 0.804 bits per heavy atom. The third-order valence-corrected chi connectivity index (χ3v) is 8.84. The number of unbranched alkanes of at least 4 members (excludes halogenated alkanes) is 1. The minimum absolute atomic E-state index is 0.0188. The largest absolute Gasteiger partial charge is 0.462 e. The summed E-state index contributed by atoms with van der Waals surface area (Å²) in [5, 5.41) is 18.3. The van der Waals surface area contributed by atoms with Crippen LogP contribution in [0.4, 0.5) is 13.2 Å². The molecular formula is C37H47F3O6. The first-order valence-electron chi connectivity index (χ1n) is 16.2. The van der Waals surface area contributed by atoms with E-state index in [2.05, 4.69) is 44.3 Å². The highest BCUT2D eigenvalue weighted by Crippen LogP contribution is 2.40. The molecule has 2 aromatic carbocycles. The first-order chi connectivity index (χ1) is 21.9. The van der Waals surface area contributed by atoms with Gasteiger partial charge in [0.15, 0.2) is 0 Å². The van der Waals surface area contributed by atoms with Gasteiger partial charge < -0.3 is 19.7 Å². The molecule has 2 N–H and O–H groups in total. The average Bonchev–Trinajstić information content (AvgIpc) is 3.05. The molecule has 1 saturated carbocycles. The molecule has 0 bridgehead atoms. The van der Waals surface area contributed by atoms with Gasteiger partial charge >= 0.3 is 18.1 Å². The lowest BCUT2D eigenvalue weighted by Gasteiger charge is -2.30. The minimum atomic E-state index is -4.07. The predicted molar refractivity (Wildman–Crippen MR) is 172 cm³/mol. The number of ether oxygens (including phenoxy) is 2. The Morgan fingerprint density at radius 3 is 1.89 bits per heavy atom. The molecule has 1 fully saturated rings. The van der Waals surface area contributed by atoms with Crippen LogP contribution in [0.3, 0.4) is 0 Å². The molecule has 0 saturated heterocycles. The summed E-state index contributed by atoms with van der Waals surface area (Å²) < 4.78 is 47.9. The van der Waals surface area contributed by atoms with Crippen molar-refractivity contribution in [3.8, 4) is 11.1 Å². The molecule has 2 aromatic rings. The predicted octanol–water partition coefficient (Wildman–Crippen LogP) is 7.58. The second kappa shape index (κ2) is 18.0. The first kappa shape index (κ1) is 37.0. The topological polar surface area (TPSA) is 93.1 Å². The van der Waals surface area contributed by atoms with Crippen molar-refractivity contribution in [3.05, 3.63) is 83.0 Å². The SMILES string of the molecule is C=C(CO)C(=O)OCCc1ccc(-c2ccc(C3CCC(CCCCC(F)(F)F)CC3)c(CC)c2)cc1CCOC(=O)C(=C)CO. The number of hydrogen-bond acceptors (Lipinski definition) is 6. The molecule has 9 heteroatoms. The molecule has 1 aliphatic rings. The van der Waals surface area contributed by atoms with Crippen LogP contribution in [-0.4, -0.2) is 54.8 Å². The van der Waals surface area contributed by atoms with Crippen LogP contribution in [0.5, 0.6) is 0 Å². The normalized spacial score (nSPS) is 16.6. The quantitative estimate of drug-likeness (QED) is 0.105. The van der Waals surface area contributed by atoms with Gasteiger partial charge in [0, 0.05) is 19.3 Å². The zero-order valence-corrected chi connectivity index (χ0v) is 26.8. The van der Waals surface area contributed by atoms with E-state index < -0.39 is 37.7 Å². The molecule has 0 heterocycles. The summed E-state index contributed by atoms with van der Waals surface area (Å²) in [5.41, 5.74) is 6.49. The lowest BCUT2D eigenvalue weighted by Crippen LogP contribution is -2.15. The molecular weight excluding hydrogens is 597 g/mol. The van der Waals surface area contributed by atoms with Crippen LogP contribution >= 0.6 is 0 Å². The van der Waals surface area contributed by atoms with Gasteiger partial charge in [0.1, 0.15) is 0 Å². The highest BCUT2D eigenvalue weighted by Gasteiger charge is 2.27. The monoisotopic (exact) mass is 644 g/mol. The Labute approximate surface area is 270 Å². The lowest BCUT2D eigenvalue weighted by atomic mass is 9.75. The Kier molecular flexibility index (Phi) is 14.5. The van der Waals surface area contributed by atoms with E-state index in [9.17, 15) is 22.8 Å². The fourth-order valence-electron chi connectivity index (χ4n) is 6.13. The average molecular weight is 645 g/mol. The number of esters is 2. The van der Waals surface area contributed by atoms with E-state index in [1.54, 1.807) is 0 Å². The highest BCUT2D eigenvalue weighted by atomic mass is 19.4. The van der Waals surface area contributed by atoms with E-state index in [0.717, 1.165) is 60.8 Å². The molecule has 0 amide bonds. The number of hydrogen-bond donors (Lipinski definition) is 2. The molecule has 0 aliphatic heterocycles. The van der Waals surface area contributed by atoms with Gasteiger partial charge in [0.05, 0.1) is 37.6 Å². The zero-order chi connectivity index (χ0) is 33.7. The number of rotatable bonds is 17. The molecule has 0 spiro atoms. The Morgan fingerprint density at radius 2 is 1.35 bits per heavy atom. The van der Waals surface area contributed by atoms with E-state index in [0.29, 0.717) is 31.1 Å². The molecule has 46 heavy (non-hydrogen) atoms. The van der Waals surface area contributed by atoms with Gasteiger partial charge in [-0.25, -0.2) is 9.59 Å². The van der Waals surface area contributed by atoms with E-state index in [-0.39, 0.29) is 30.8 Å². The maximum absolute atomic E-state index is 12.5. The summed E-state index contributed by atoms with van der Waals surface area (Å²) in [7, 11) is 0. The molecule has 3 rings (SSSR count). The maximum Gasteiger partial charge on any atom is 0.389 e. The minimum Gasteiger partial charge on any atom is -0.462 e. The van der Waals surface area contributed by atoms with Gasteiger partial charge in [-0.1, -0.05) is 69.3 Å². The third-order valence-electron chi connectivity index (χ3n) is 8.84.